The Hall–Kier alpha value is -1.35. The molecule has 2 atom stereocenters. The lowest BCUT2D eigenvalue weighted by atomic mass is 9.93. The monoisotopic (exact) mass is 273 g/mol. The Morgan fingerprint density at radius 3 is 2.50 bits per heavy atom. The first-order valence-corrected chi connectivity index (χ1v) is 7.69. The Morgan fingerprint density at radius 1 is 1.20 bits per heavy atom. The maximum absolute atomic E-state index is 11.2. The van der Waals surface area contributed by atoms with Crippen LogP contribution in [0.2, 0.25) is 0 Å². The van der Waals surface area contributed by atoms with Crippen LogP contribution in [0.1, 0.15) is 49.7 Å². The van der Waals surface area contributed by atoms with Gasteiger partial charge in [0, 0.05) is 19.1 Å². The smallest absolute Gasteiger partial charge is 0.307 e. The van der Waals surface area contributed by atoms with Gasteiger partial charge in [-0.3, -0.25) is 9.69 Å². The van der Waals surface area contributed by atoms with Gasteiger partial charge in [0.15, 0.2) is 0 Å². The van der Waals surface area contributed by atoms with Crippen LogP contribution in [0.15, 0.2) is 24.3 Å². The van der Waals surface area contributed by atoms with Gasteiger partial charge in [-0.1, -0.05) is 24.3 Å². The molecule has 1 heterocycles. The van der Waals surface area contributed by atoms with Crippen molar-refractivity contribution >= 4 is 5.97 Å². The molecule has 0 aromatic heterocycles. The second-order valence-corrected chi connectivity index (χ2v) is 6.41. The number of carbonyl (C=O) groups is 1. The molecule has 1 N–H and O–H groups in total. The number of hydrogen-bond acceptors (Lipinski definition) is 2. The largest absolute Gasteiger partial charge is 0.481 e. The molecule has 1 aliphatic carbocycles. The van der Waals surface area contributed by atoms with Gasteiger partial charge in [-0.25, -0.2) is 0 Å². The molecule has 0 amide bonds. The fraction of sp³-hybridized carbons (Fsp3) is 0.588. The van der Waals surface area contributed by atoms with E-state index in [1.165, 1.54) is 24.0 Å². The van der Waals surface area contributed by atoms with Crippen molar-refractivity contribution in [3.63, 3.8) is 0 Å². The number of benzene rings is 1. The van der Waals surface area contributed by atoms with E-state index in [0.29, 0.717) is 12.6 Å². The minimum absolute atomic E-state index is 0.197. The third kappa shape index (κ3) is 3.04. The molecule has 1 saturated heterocycles. The molecule has 3 heteroatoms. The average molecular weight is 273 g/mol. The average Bonchev–Trinajstić information content (AvgIpc) is 3.26. The van der Waals surface area contributed by atoms with E-state index in [-0.39, 0.29) is 5.92 Å². The number of aliphatic carboxylic acids is 1. The van der Waals surface area contributed by atoms with Crippen LogP contribution >= 0.6 is 0 Å². The summed E-state index contributed by atoms with van der Waals surface area (Å²) in [7, 11) is 0. The molecule has 20 heavy (non-hydrogen) atoms. The van der Waals surface area contributed by atoms with Crippen LogP contribution in [0, 0.1) is 5.92 Å². The highest BCUT2D eigenvalue weighted by molar-refractivity contribution is 5.70. The predicted octanol–water partition coefficient (Wildman–Crippen LogP) is 3.25. The van der Waals surface area contributed by atoms with Gasteiger partial charge in [0.05, 0.1) is 5.92 Å². The summed E-state index contributed by atoms with van der Waals surface area (Å²) in [5, 5.41) is 9.19. The van der Waals surface area contributed by atoms with Crippen LogP contribution < -0.4 is 0 Å². The number of piperidine rings is 1. The summed E-state index contributed by atoms with van der Waals surface area (Å²) < 4.78 is 0. The number of nitrogens with zero attached hydrogens (tertiary/aromatic N) is 1. The number of rotatable bonds is 4. The number of carboxylic acid groups (broad SMARTS) is 1. The summed E-state index contributed by atoms with van der Waals surface area (Å²) in [5.74, 6) is -0.0442. The zero-order valence-electron chi connectivity index (χ0n) is 12.1. The van der Waals surface area contributed by atoms with E-state index in [1.54, 1.807) is 0 Å². The van der Waals surface area contributed by atoms with Gasteiger partial charge in [-0.15, -0.1) is 0 Å². The van der Waals surface area contributed by atoms with Crippen molar-refractivity contribution in [3.05, 3.63) is 35.4 Å². The van der Waals surface area contributed by atoms with Crippen molar-refractivity contribution in [1.29, 1.82) is 0 Å². The van der Waals surface area contributed by atoms with Crippen molar-refractivity contribution in [2.24, 2.45) is 5.92 Å². The second-order valence-electron chi connectivity index (χ2n) is 6.41. The maximum Gasteiger partial charge on any atom is 0.307 e. The molecular formula is C17H23NO2. The highest BCUT2D eigenvalue weighted by Gasteiger charge is 2.29. The molecule has 3 nitrogen and oxygen atoms in total. The van der Waals surface area contributed by atoms with Crippen molar-refractivity contribution in [2.75, 3.05) is 6.54 Å². The van der Waals surface area contributed by atoms with Crippen LogP contribution in [0.25, 0.3) is 0 Å². The standard InChI is InChI=1S/C17H23NO2/c1-12-2-5-16(17(19)20)11-18(12)10-13-3-6-14(7-4-13)15-8-9-15/h3-4,6-7,12,15-16H,2,5,8-11H2,1H3,(H,19,20). The topological polar surface area (TPSA) is 40.5 Å². The van der Waals surface area contributed by atoms with Crippen LogP contribution in [0.4, 0.5) is 0 Å². The van der Waals surface area contributed by atoms with Crippen molar-refractivity contribution in [2.45, 2.75) is 51.1 Å². The second kappa shape index (κ2) is 5.57. The fourth-order valence-electron chi connectivity index (χ4n) is 3.15. The highest BCUT2D eigenvalue weighted by atomic mass is 16.4. The van der Waals surface area contributed by atoms with Gasteiger partial charge in [0.25, 0.3) is 0 Å². The molecule has 1 saturated carbocycles. The first kappa shape index (κ1) is 13.6. The van der Waals surface area contributed by atoms with Crippen LogP contribution in [0.3, 0.4) is 0 Å². The zero-order chi connectivity index (χ0) is 14.1. The molecule has 0 spiro atoms. The van der Waals surface area contributed by atoms with E-state index >= 15 is 0 Å². The molecule has 1 aliphatic heterocycles. The van der Waals surface area contributed by atoms with Crippen molar-refractivity contribution in [3.8, 4) is 0 Å². The Kier molecular flexibility index (Phi) is 3.79. The number of hydrogen-bond donors (Lipinski definition) is 1. The van der Waals surface area contributed by atoms with Crippen LogP contribution in [-0.2, 0) is 11.3 Å². The minimum Gasteiger partial charge on any atom is -0.481 e. The van der Waals surface area contributed by atoms with Gasteiger partial charge in [-0.05, 0) is 49.7 Å². The Bertz CT molecular complexity index is 478. The highest BCUT2D eigenvalue weighted by Crippen LogP contribution is 2.40. The molecule has 1 aromatic rings. The van der Waals surface area contributed by atoms with Gasteiger partial charge in [0.2, 0.25) is 0 Å². The molecule has 1 aromatic carbocycles. The summed E-state index contributed by atoms with van der Waals surface area (Å²) in [6, 6.07) is 9.40. The molecule has 3 rings (SSSR count). The van der Waals surface area contributed by atoms with E-state index in [0.717, 1.165) is 25.3 Å². The summed E-state index contributed by atoms with van der Waals surface area (Å²) in [4.78, 5) is 13.5. The molecular weight excluding hydrogens is 250 g/mol. The van der Waals surface area contributed by atoms with Crippen LogP contribution in [0.5, 0.6) is 0 Å². The summed E-state index contributed by atoms with van der Waals surface area (Å²) in [6.07, 6.45) is 4.47. The summed E-state index contributed by atoms with van der Waals surface area (Å²) >= 11 is 0. The third-order valence-corrected chi connectivity index (χ3v) is 4.77. The maximum atomic E-state index is 11.2. The Balaban J connectivity index is 1.64. The van der Waals surface area contributed by atoms with Gasteiger partial charge in [-0.2, -0.15) is 0 Å². The first-order chi connectivity index (χ1) is 9.63. The Morgan fingerprint density at radius 2 is 1.90 bits per heavy atom. The lowest BCUT2D eigenvalue weighted by Crippen LogP contribution is -2.43. The predicted molar refractivity (Wildman–Crippen MR) is 78.6 cm³/mol. The molecule has 0 bridgehead atoms. The van der Waals surface area contributed by atoms with E-state index in [1.807, 2.05) is 0 Å². The van der Waals surface area contributed by atoms with E-state index < -0.39 is 5.97 Å². The molecule has 2 fully saturated rings. The Labute approximate surface area is 120 Å². The summed E-state index contributed by atoms with van der Waals surface area (Å²) in [5.41, 5.74) is 2.76. The molecule has 108 valence electrons. The van der Waals surface area contributed by atoms with Crippen molar-refractivity contribution in [1.82, 2.24) is 4.90 Å². The SMILES string of the molecule is CC1CCC(C(=O)O)CN1Cc1ccc(C2CC2)cc1. The van der Waals surface area contributed by atoms with Gasteiger partial charge in [0.1, 0.15) is 0 Å². The molecule has 2 unspecified atom stereocenters. The fourth-order valence-corrected chi connectivity index (χ4v) is 3.15. The van der Waals surface area contributed by atoms with Crippen LogP contribution in [-0.4, -0.2) is 28.6 Å². The molecule has 0 radical (unpaired) electrons. The normalized spacial score (nSPS) is 27.4. The first-order valence-electron chi connectivity index (χ1n) is 7.69. The minimum atomic E-state index is -0.647. The van der Waals surface area contributed by atoms with Gasteiger partial charge < -0.3 is 5.11 Å². The lowest BCUT2D eigenvalue weighted by Gasteiger charge is -2.36. The summed E-state index contributed by atoms with van der Waals surface area (Å²) in [6.45, 7) is 3.76. The molecule has 2 aliphatic rings. The van der Waals surface area contributed by atoms with E-state index in [4.69, 9.17) is 0 Å². The number of likely N-dealkylation sites (tertiary alicyclic amines) is 1. The zero-order valence-corrected chi connectivity index (χ0v) is 12.1. The quantitative estimate of drug-likeness (QED) is 0.915. The third-order valence-electron chi connectivity index (χ3n) is 4.77. The lowest BCUT2D eigenvalue weighted by molar-refractivity contribution is -0.144. The van der Waals surface area contributed by atoms with E-state index in [9.17, 15) is 9.90 Å². The number of carboxylic acids is 1. The van der Waals surface area contributed by atoms with E-state index in [2.05, 4.69) is 36.1 Å². The van der Waals surface area contributed by atoms with Crippen molar-refractivity contribution < 1.29 is 9.90 Å². The van der Waals surface area contributed by atoms with Gasteiger partial charge >= 0.3 is 5.97 Å².